The molecule has 1 N–H and O–H groups in total. The number of allylic oxidation sites excluding steroid dienone is 1. The molecule has 0 radical (unpaired) electrons. The lowest BCUT2D eigenvalue weighted by molar-refractivity contribution is -0.156. The Labute approximate surface area is 150 Å². The summed E-state index contributed by atoms with van der Waals surface area (Å²) in [7, 11) is 0. The summed E-state index contributed by atoms with van der Waals surface area (Å²) in [4.78, 5) is 24.3. The van der Waals surface area contributed by atoms with Crippen LogP contribution in [0.5, 0.6) is 0 Å². The minimum Gasteiger partial charge on any atom is -0.377 e. The molecule has 0 unspecified atom stereocenters. The minimum atomic E-state index is -1.34. The van der Waals surface area contributed by atoms with E-state index in [1.807, 2.05) is 6.08 Å². The van der Waals surface area contributed by atoms with E-state index in [1.54, 1.807) is 0 Å². The lowest BCUT2D eigenvalue weighted by Crippen LogP contribution is -2.57. The third-order valence-corrected chi connectivity index (χ3v) is 8.35. The number of ketones is 2. The molecule has 0 saturated heterocycles. The zero-order chi connectivity index (χ0) is 18.0. The summed E-state index contributed by atoms with van der Waals surface area (Å²) in [5.74, 6) is 2.24. The molecule has 3 heteroatoms. The van der Waals surface area contributed by atoms with Crippen molar-refractivity contribution >= 4 is 11.6 Å². The van der Waals surface area contributed by atoms with E-state index in [-0.39, 0.29) is 11.2 Å². The van der Waals surface area contributed by atoms with Crippen LogP contribution in [-0.2, 0) is 9.59 Å². The van der Waals surface area contributed by atoms with Gasteiger partial charge in [-0.25, -0.2) is 0 Å². The second-order valence-corrected chi connectivity index (χ2v) is 8.93. The van der Waals surface area contributed by atoms with Crippen LogP contribution in [0.2, 0.25) is 0 Å². The average molecular weight is 342 g/mol. The van der Waals surface area contributed by atoms with Crippen LogP contribution in [0.25, 0.3) is 0 Å². The van der Waals surface area contributed by atoms with Gasteiger partial charge in [0.2, 0.25) is 0 Å². The van der Waals surface area contributed by atoms with Crippen molar-refractivity contribution in [1.29, 1.82) is 0 Å². The SMILES string of the molecule is C=C1C[C@H]2[C@@H]3CCC4=CC(=O)CC[C@@H]4[C@H]3CC[C@]2(CC)[C@@]1(O)C(C)=O. The third kappa shape index (κ3) is 2.08. The third-order valence-electron chi connectivity index (χ3n) is 8.35. The minimum absolute atomic E-state index is 0.125. The molecule has 0 bridgehead atoms. The maximum Gasteiger partial charge on any atom is 0.166 e. The van der Waals surface area contributed by atoms with Gasteiger partial charge in [0.1, 0.15) is 5.60 Å². The molecule has 3 fully saturated rings. The van der Waals surface area contributed by atoms with Crippen LogP contribution in [0.15, 0.2) is 23.8 Å². The van der Waals surface area contributed by atoms with E-state index >= 15 is 0 Å². The molecule has 3 saturated carbocycles. The predicted octanol–water partition coefficient (Wildman–Crippen LogP) is 4.00. The van der Waals surface area contributed by atoms with Crippen LogP contribution in [0.3, 0.4) is 0 Å². The van der Waals surface area contributed by atoms with Crippen molar-refractivity contribution in [2.45, 2.75) is 70.8 Å². The van der Waals surface area contributed by atoms with E-state index in [9.17, 15) is 14.7 Å². The van der Waals surface area contributed by atoms with Crippen LogP contribution in [0, 0.1) is 29.1 Å². The lowest BCUT2D eigenvalue weighted by Gasteiger charge is -2.56. The smallest absolute Gasteiger partial charge is 0.166 e. The summed E-state index contributed by atoms with van der Waals surface area (Å²) in [6.07, 6.45) is 9.30. The van der Waals surface area contributed by atoms with Gasteiger partial charge in [0.05, 0.1) is 0 Å². The fraction of sp³-hybridized carbons (Fsp3) is 0.727. The second kappa shape index (κ2) is 5.64. The summed E-state index contributed by atoms with van der Waals surface area (Å²) in [5, 5.41) is 11.4. The first-order chi connectivity index (χ1) is 11.8. The Morgan fingerprint density at radius 2 is 2.04 bits per heavy atom. The molecule has 0 aliphatic heterocycles. The number of fused-ring (bicyclic) bond motifs is 5. The van der Waals surface area contributed by atoms with Crippen LogP contribution < -0.4 is 0 Å². The number of carbonyl (C=O) groups is 2. The van der Waals surface area contributed by atoms with Crippen LogP contribution in [-0.4, -0.2) is 22.3 Å². The quantitative estimate of drug-likeness (QED) is 0.772. The van der Waals surface area contributed by atoms with Gasteiger partial charge in [-0.1, -0.05) is 19.1 Å². The summed E-state index contributed by atoms with van der Waals surface area (Å²) in [5.41, 5.74) is 0.451. The number of aliphatic hydroxyl groups is 1. The molecule has 0 amide bonds. The highest BCUT2D eigenvalue weighted by molar-refractivity contribution is 5.91. The maximum absolute atomic E-state index is 12.5. The van der Waals surface area contributed by atoms with Crippen molar-refractivity contribution < 1.29 is 14.7 Å². The molecular formula is C22H30O3. The Kier molecular flexibility index (Phi) is 3.88. The monoisotopic (exact) mass is 342 g/mol. The normalized spacial score (nSPS) is 46.1. The van der Waals surface area contributed by atoms with Crippen molar-refractivity contribution in [3.05, 3.63) is 23.8 Å². The van der Waals surface area contributed by atoms with Gasteiger partial charge in [-0.2, -0.15) is 0 Å². The Hall–Kier alpha value is -1.22. The van der Waals surface area contributed by atoms with Gasteiger partial charge < -0.3 is 5.11 Å². The van der Waals surface area contributed by atoms with E-state index in [0.717, 1.165) is 50.5 Å². The van der Waals surface area contributed by atoms with Gasteiger partial charge in [-0.3, -0.25) is 9.59 Å². The van der Waals surface area contributed by atoms with Crippen LogP contribution >= 0.6 is 0 Å². The molecule has 0 aromatic carbocycles. The van der Waals surface area contributed by atoms with E-state index < -0.39 is 5.60 Å². The highest BCUT2D eigenvalue weighted by Gasteiger charge is 2.67. The molecule has 0 aromatic heterocycles. The van der Waals surface area contributed by atoms with Crippen LogP contribution in [0.4, 0.5) is 0 Å². The van der Waals surface area contributed by atoms with Gasteiger partial charge in [0.25, 0.3) is 0 Å². The number of Topliss-reactive ketones (excluding diaryl/α,β-unsaturated/α-hetero) is 1. The number of carbonyl (C=O) groups excluding carboxylic acids is 2. The topological polar surface area (TPSA) is 54.4 Å². The Morgan fingerprint density at radius 1 is 1.28 bits per heavy atom. The molecular weight excluding hydrogens is 312 g/mol. The highest BCUT2D eigenvalue weighted by atomic mass is 16.3. The second-order valence-electron chi connectivity index (χ2n) is 8.93. The molecule has 4 rings (SSSR count). The van der Waals surface area contributed by atoms with Crippen molar-refractivity contribution in [2.24, 2.45) is 29.1 Å². The zero-order valence-electron chi connectivity index (χ0n) is 15.5. The standard InChI is InChI=1S/C22H30O3/c1-4-21-10-9-18-17-8-6-16(24)12-15(17)5-7-19(18)20(21)11-13(2)22(21,25)14(3)23/h12,17-20,25H,2,4-11H2,1,3H3/t17-,18+,19+,20-,21-,22-/m0/s1. The highest BCUT2D eigenvalue weighted by Crippen LogP contribution is 2.67. The van der Waals surface area contributed by atoms with E-state index in [2.05, 4.69) is 13.5 Å². The Bertz CT molecular complexity index is 675. The molecule has 4 aliphatic rings. The van der Waals surface area contributed by atoms with Gasteiger partial charge in [0, 0.05) is 11.8 Å². The first-order valence-corrected chi connectivity index (χ1v) is 10.00. The molecule has 136 valence electrons. The summed E-state index contributed by atoms with van der Waals surface area (Å²) in [6.45, 7) is 7.81. The van der Waals surface area contributed by atoms with Crippen LogP contribution in [0.1, 0.15) is 65.2 Å². The van der Waals surface area contributed by atoms with E-state index in [0.29, 0.717) is 35.9 Å². The number of hydrogen-bond acceptors (Lipinski definition) is 3. The summed E-state index contributed by atoms with van der Waals surface area (Å²) in [6, 6.07) is 0. The first kappa shape index (κ1) is 17.2. The van der Waals surface area contributed by atoms with E-state index in [4.69, 9.17) is 0 Å². The van der Waals surface area contributed by atoms with Gasteiger partial charge >= 0.3 is 0 Å². The lowest BCUT2D eigenvalue weighted by atomic mass is 9.49. The molecule has 0 heterocycles. The van der Waals surface area contributed by atoms with Gasteiger partial charge in [0.15, 0.2) is 11.6 Å². The summed E-state index contributed by atoms with van der Waals surface area (Å²) >= 11 is 0. The van der Waals surface area contributed by atoms with Crippen molar-refractivity contribution in [1.82, 2.24) is 0 Å². The van der Waals surface area contributed by atoms with Crippen molar-refractivity contribution in [3.63, 3.8) is 0 Å². The van der Waals surface area contributed by atoms with Crippen molar-refractivity contribution in [2.75, 3.05) is 0 Å². The predicted molar refractivity (Wildman–Crippen MR) is 96.9 cm³/mol. The number of hydrogen-bond donors (Lipinski definition) is 1. The van der Waals surface area contributed by atoms with Gasteiger partial charge in [-0.05, 0) is 87.2 Å². The van der Waals surface area contributed by atoms with E-state index in [1.165, 1.54) is 12.5 Å². The first-order valence-electron chi connectivity index (χ1n) is 10.00. The van der Waals surface area contributed by atoms with Crippen molar-refractivity contribution in [3.8, 4) is 0 Å². The van der Waals surface area contributed by atoms with Gasteiger partial charge in [-0.15, -0.1) is 0 Å². The average Bonchev–Trinajstić information content (AvgIpc) is 2.83. The maximum atomic E-state index is 12.5. The molecule has 0 aromatic rings. The molecule has 4 aliphatic carbocycles. The largest absolute Gasteiger partial charge is 0.377 e. The molecule has 25 heavy (non-hydrogen) atoms. The fourth-order valence-electron chi connectivity index (χ4n) is 7.25. The molecule has 0 spiro atoms. The number of rotatable bonds is 2. The Morgan fingerprint density at radius 3 is 2.72 bits per heavy atom. The summed E-state index contributed by atoms with van der Waals surface area (Å²) < 4.78 is 0. The molecule has 6 atom stereocenters. The Balaban J connectivity index is 1.72. The zero-order valence-corrected chi connectivity index (χ0v) is 15.5. The fourth-order valence-corrected chi connectivity index (χ4v) is 7.25. The molecule has 3 nitrogen and oxygen atoms in total.